The summed E-state index contributed by atoms with van der Waals surface area (Å²) in [6.45, 7) is -0.227. The highest BCUT2D eigenvalue weighted by Gasteiger charge is 2.33. The lowest BCUT2D eigenvalue weighted by Crippen LogP contribution is -2.13. The highest BCUT2D eigenvalue weighted by atomic mass is 19.4. The van der Waals surface area contributed by atoms with Crippen LogP contribution >= 0.6 is 0 Å². The molecule has 1 saturated carbocycles. The molecule has 0 unspecified atom stereocenters. The quantitative estimate of drug-likeness (QED) is 0.939. The SMILES string of the molecule is O=C(O)c1cccc2c1nc(C1CC1)n2CCC(F)(F)F. The van der Waals surface area contributed by atoms with Gasteiger partial charge in [0.2, 0.25) is 0 Å². The monoisotopic (exact) mass is 298 g/mol. The summed E-state index contributed by atoms with van der Waals surface area (Å²) < 4.78 is 38.9. The van der Waals surface area contributed by atoms with Crippen molar-refractivity contribution in [1.82, 2.24) is 9.55 Å². The number of aromatic carboxylic acids is 1. The predicted octanol–water partition coefficient (Wildman–Crippen LogP) is 3.56. The van der Waals surface area contributed by atoms with Crippen LogP contribution in [0.15, 0.2) is 18.2 Å². The minimum absolute atomic E-state index is 0.0279. The summed E-state index contributed by atoms with van der Waals surface area (Å²) in [5.74, 6) is -0.404. The Kier molecular flexibility index (Phi) is 3.15. The molecule has 1 aliphatic carbocycles. The molecule has 0 saturated heterocycles. The van der Waals surface area contributed by atoms with Gasteiger partial charge in [0.1, 0.15) is 11.3 Å². The van der Waals surface area contributed by atoms with Crippen LogP contribution in [0.25, 0.3) is 11.0 Å². The number of carbonyl (C=O) groups is 1. The number of alkyl halides is 3. The number of fused-ring (bicyclic) bond motifs is 1. The van der Waals surface area contributed by atoms with Gasteiger partial charge in [-0.1, -0.05) is 6.07 Å². The summed E-state index contributed by atoms with van der Waals surface area (Å²) in [5, 5.41) is 9.17. The van der Waals surface area contributed by atoms with Crippen molar-refractivity contribution in [3.05, 3.63) is 29.6 Å². The second-order valence-corrected chi connectivity index (χ2v) is 5.24. The van der Waals surface area contributed by atoms with Gasteiger partial charge in [-0.2, -0.15) is 13.2 Å². The first-order valence-electron chi connectivity index (χ1n) is 6.66. The minimum atomic E-state index is -4.25. The van der Waals surface area contributed by atoms with Crippen LogP contribution < -0.4 is 0 Å². The van der Waals surface area contributed by atoms with Gasteiger partial charge in [0, 0.05) is 12.5 Å². The Morgan fingerprint density at radius 3 is 2.67 bits per heavy atom. The second-order valence-electron chi connectivity index (χ2n) is 5.24. The third-order valence-electron chi connectivity index (χ3n) is 3.60. The summed E-state index contributed by atoms with van der Waals surface area (Å²) in [7, 11) is 0. The Morgan fingerprint density at radius 2 is 2.10 bits per heavy atom. The molecule has 1 aromatic carbocycles. The van der Waals surface area contributed by atoms with E-state index in [4.69, 9.17) is 5.11 Å². The third-order valence-corrected chi connectivity index (χ3v) is 3.60. The van der Waals surface area contributed by atoms with E-state index in [1.807, 2.05) is 0 Å². The van der Waals surface area contributed by atoms with E-state index < -0.39 is 18.6 Å². The normalized spacial score (nSPS) is 15.6. The van der Waals surface area contributed by atoms with Crippen molar-refractivity contribution < 1.29 is 23.1 Å². The van der Waals surface area contributed by atoms with Crippen LogP contribution in [0.1, 0.15) is 41.4 Å². The fourth-order valence-electron chi connectivity index (χ4n) is 2.46. The summed E-state index contributed by atoms with van der Waals surface area (Å²) in [6, 6.07) is 4.58. The Balaban J connectivity index is 2.09. The van der Waals surface area contributed by atoms with Crippen LogP contribution in [0, 0.1) is 0 Å². The number of para-hydroxylation sites is 1. The van der Waals surface area contributed by atoms with E-state index in [9.17, 15) is 18.0 Å². The molecule has 1 heterocycles. The molecule has 1 aliphatic rings. The molecule has 0 spiro atoms. The second kappa shape index (κ2) is 4.75. The number of carboxylic acid groups (broad SMARTS) is 1. The first kappa shape index (κ1) is 13.9. The number of benzene rings is 1. The molecule has 0 atom stereocenters. The molecule has 1 aromatic heterocycles. The van der Waals surface area contributed by atoms with Gasteiger partial charge < -0.3 is 9.67 Å². The average Bonchev–Trinajstić information content (AvgIpc) is 3.16. The van der Waals surface area contributed by atoms with Crippen LogP contribution in [-0.4, -0.2) is 26.8 Å². The molecule has 7 heteroatoms. The van der Waals surface area contributed by atoms with Crippen LogP contribution in [0.4, 0.5) is 13.2 Å². The summed E-state index contributed by atoms with van der Waals surface area (Å²) in [6.07, 6.45) is -3.42. The molecule has 2 aromatic rings. The van der Waals surface area contributed by atoms with Crippen molar-refractivity contribution >= 4 is 17.0 Å². The first-order valence-corrected chi connectivity index (χ1v) is 6.66. The van der Waals surface area contributed by atoms with Gasteiger partial charge in [-0.05, 0) is 25.0 Å². The van der Waals surface area contributed by atoms with E-state index in [-0.39, 0.29) is 23.5 Å². The molecule has 112 valence electrons. The van der Waals surface area contributed by atoms with E-state index in [2.05, 4.69) is 4.98 Å². The number of halogens is 3. The Bertz CT molecular complexity index is 702. The van der Waals surface area contributed by atoms with Gasteiger partial charge in [0.25, 0.3) is 0 Å². The first-order chi connectivity index (χ1) is 9.87. The Morgan fingerprint density at radius 1 is 1.38 bits per heavy atom. The largest absolute Gasteiger partial charge is 0.478 e. The van der Waals surface area contributed by atoms with Crippen LogP contribution in [0.3, 0.4) is 0 Å². The van der Waals surface area contributed by atoms with E-state index in [1.54, 1.807) is 6.07 Å². The number of hydrogen-bond acceptors (Lipinski definition) is 2. The van der Waals surface area contributed by atoms with Crippen LogP contribution in [0.2, 0.25) is 0 Å². The number of imidazole rings is 1. The van der Waals surface area contributed by atoms with Crippen LogP contribution in [-0.2, 0) is 6.54 Å². The Hall–Kier alpha value is -2.05. The number of hydrogen-bond donors (Lipinski definition) is 1. The van der Waals surface area contributed by atoms with Gasteiger partial charge in [0.15, 0.2) is 0 Å². The van der Waals surface area contributed by atoms with E-state index in [1.165, 1.54) is 16.7 Å². The third kappa shape index (κ3) is 2.72. The molecular formula is C14H13F3N2O2. The van der Waals surface area contributed by atoms with Crippen molar-refractivity contribution in [3.8, 4) is 0 Å². The van der Waals surface area contributed by atoms with E-state index >= 15 is 0 Å². The predicted molar refractivity (Wildman–Crippen MR) is 69.3 cm³/mol. The highest BCUT2D eigenvalue weighted by molar-refractivity contribution is 6.01. The van der Waals surface area contributed by atoms with Gasteiger partial charge >= 0.3 is 12.1 Å². The highest BCUT2D eigenvalue weighted by Crippen LogP contribution is 2.41. The zero-order chi connectivity index (χ0) is 15.2. The number of aryl methyl sites for hydroxylation is 1. The van der Waals surface area contributed by atoms with Crippen molar-refractivity contribution in [3.63, 3.8) is 0 Å². The van der Waals surface area contributed by atoms with E-state index in [0.717, 1.165) is 12.8 Å². The summed E-state index contributed by atoms with van der Waals surface area (Å²) in [4.78, 5) is 15.5. The smallest absolute Gasteiger partial charge is 0.390 e. The van der Waals surface area contributed by atoms with Crippen molar-refractivity contribution in [2.24, 2.45) is 0 Å². The molecule has 0 aliphatic heterocycles. The van der Waals surface area contributed by atoms with Gasteiger partial charge in [-0.25, -0.2) is 9.78 Å². The zero-order valence-electron chi connectivity index (χ0n) is 11.0. The number of rotatable bonds is 4. The maximum Gasteiger partial charge on any atom is 0.390 e. The van der Waals surface area contributed by atoms with Gasteiger partial charge in [0.05, 0.1) is 17.5 Å². The topological polar surface area (TPSA) is 55.1 Å². The number of aromatic nitrogens is 2. The minimum Gasteiger partial charge on any atom is -0.478 e. The molecule has 0 bridgehead atoms. The molecule has 21 heavy (non-hydrogen) atoms. The maximum absolute atomic E-state index is 12.5. The average molecular weight is 298 g/mol. The molecule has 0 radical (unpaired) electrons. The fourth-order valence-corrected chi connectivity index (χ4v) is 2.46. The van der Waals surface area contributed by atoms with Crippen molar-refractivity contribution in [2.45, 2.75) is 37.9 Å². The molecule has 4 nitrogen and oxygen atoms in total. The molecule has 0 amide bonds. The summed E-state index contributed by atoms with van der Waals surface area (Å²) in [5.41, 5.74) is 0.760. The molecule has 1 N–H and O–H groups in total. The lowest BCUT2D eigenvalue weighted by atomic mass is 10.2. The molecule has 1 fully saturated rings. The van der Waals surface area contributed by atoms with Crippen molar-refractivity contribution in [1.29, 1.82) is 0 Å². The van der Waals surface area contributed by atoms with Gasteiger partial charge in [-0.15, -0.1) is 0 Å². The van der Waals surface area contributed by atoms with Gasteiger partial charge in [-0.3, -0.25) is 0 Å². The fraction of sp³-hybridized carbons (Fsp3) is 0.429. The summed E-state index contributed by atoms with van der Waals surface area (Å²) >= 11 is 0. The molecular weight excluding hydrogens is 285 g/mol. The Labute approximate surface area is 118 Å². The van der Waals surface area contributed by atoms with E-state index in [0.29, 0.717) is 11.3 Å². The van der Waals surface area contributed by atoms with Crippen LogP contribution in [0.5, 0.6) is 0 Å². The lowest BCUT2D eigenvalue weighted by molar-refractivity contribution is -0.136. The van der Waals surface area contributed by atoms with Crippen molar-refractivity contribution in [2.75, 3.05) is 0 Å². The number of nitrogens with zero attached hydrogens (tertiary/aromatic N) is 2. The molecule has 3 rings (SSSR count). The lowest BCUT2D eigenvalue weighted by Gasteiger charge is -2.10. The number of carboxylic acids is 1. The standard InChI is InChI=1S/C14H13F3N2O2/c15-14(16,17)6-7-19-10-3-1-2-9(13(20)21)11(10)18-12(19)8-4-5-8/h1-3,8H,4-7H2,(H,20,21). The zero-order valence-corrected chi connectivity index (χ0v) is 11.0. The maximum atomic E-state index is 12.5.